The molecule has 19 heavy (non-hydrogen) atoms. The predicted octanol–water partition coefficient (Wildman–Crippen LogP) is 2.50. The monoisotopic (exact) mass is 346 g/mol. The second-order valence-electron chi connectivity index (χ2n) is 5.09. The highest BCUT2D eigenvalue weighted by molar-refractivity contribution is 9.10. The molecule has 0 bridgehead atoms. The van der Waals surface area contributed by atoms with E-state index in [-0.39, 0.29) is 11.7 Å². The van der Waals surface area contributed by atoms with Gasteiger partial charge in [0.25, 0.3) is 0 Å². The molecule has 0 atom stereocenters. The molecule has 6 heteroatoms. The minimum atomic E-state index is -3.27. The number of aryl methyl sites for hydroxylation is 1. The van der Waals surface area contributed by atoms with Crippen molar-refractivity contribution in [2.75, 3.05) is 23.6 Å². The lowest BCUT2D eigenvalue weighted by Gasteiger charge is -2.22. The molecule has 0 amide bonds. The van der Waals surface area contributed by atoms with Gasteiger partial charge in [0.2, 0.25) is 10.0 Å². The summed E-state index contributed by atoms with van der Waals surface area (Å²) in [5.74, 6) is 0.465. The Balaban J connectivity index is 2.03. The van der Waals surface area contributed by atoms with Gasteiger partial charge in [-0.05, 0) is 62.5 Å². The maximum Gasteiger partial charge on any atom is 0.232 e. The minimum absolute atomic E-state index is 0.209. The van der Waals surface area contributed by atoms with Crippen LogP contribution >= 0.6 is 15.9 Å². The summed E-state index contributed by atoms with van der Waals surface area (Å²) >= 11 is 3.38. The van der Waals surface area contributed by atoms with E-state index in [1.165, 1.54) is 0 Å². The number of sulfonamides is 1. The number of rotatable bonds is 4. The fourth-order valence-corrected chi connectivity index (χ4v) is 4.50. The quantitative estimate of drug-likeness (QED) is 0.880. The molecule has 106 valence electrons. The molecule has 1 aliphatic rings. The molecule has 2 rings (SSSR count). The first kappa shape index (κ1) is 14.8. The molecule has 0 aliphatic carbocycles. The van der Waals surface area contributed by atoms with Gasteiger partial charge in [-0.1, -0.05) is 15.9 Å². The van der Waals surface area contributed by atoms with Crippen molar-refractivity contribution in [3.63, 3.8) is 0 Å². The van der Waals surface area contributed by atoms with Crippen LogP contribution in [0.15, 0.2) is 22.7 Å². The van der Waals surface area contributed by atoms with Crippen LogP contribution in [0.2, 0.25) is 0 Å². The van der Waals surface area contributed by atoms with Crippen LogP contribution in [-0.2, 0) is 10.0 Å². The Hall–Kier alpha value is -0.590. The lowest BCUT2D eigenvalue weighted by molar-refractivity contribution is 0.402. The maximum absolute atomic E-state index is 12.1. The molecule has 2 N–H and O–H groups in total. The molecule has 0 radical (unpaired) electrons. The van der Waals surface area contributed by atoms with Crippen LogP contribution in [0.5, 0.6) is 0 Å². The number of piperidine rings is 1. The highest BCUT2D eigenvalue weighted by atomic mass is 79.9. The van der Waals surface area contributed by atoms with Crippen molar-refractivity contribution in [2.24, 2.45) is 5.92 Å². The highest BCUT2D eigenvalue weighted by Gasteiger charge is 2.21. The van der Waals surface area contributed by atoms with Gasteiger partial charge in [0.1, 0.15) is 0 Å². The van der Waals surface area contributed by atoms with E-state index in [1.54, 1.807) is 6.07 Å². The molecule has 1 aromatic rings. The lowest BCUT2D eigenvalue weighted by atomic mass is 10.0. The maximum atomic E-state index is 12.1. The van der Waals surface area contributed by atoms with E-state index in [9.17, 15) is 8.42 Å². The van der Waals surface area contributed by atoms with E-state index >= 15 is 0 Å². The second kappa shape index (κ2) is 6.24. The smallest absolute Gasteiger partial charge is 0.232 e. The summed E-state index contributed by atoms with van der Waals surface area (Å²) in [4.78, 5) is 0. The van der Waals surface area contributed by atoms with E-state index in [0.717, 1.165) is 36.0 Å². The zero-order valence-electron chi connectivity index (χ0n) is 10.9. The summed E-state index contributed by atoms with van der Waals surface area (Å²) in [5.41, 5.74) is 1.65. The number of hydrogen-bond acceptors (Lipinski definition) is 3. The van der Waals surface area contributed by atoms with E-state index in [0.29, 0.717) is 5.69 Å². The number of anilines is 1. The minimum Gasteiger partial charge on any atom is -0.317 e. The molecule has 0 saturated carbocycles. The Kier molecular flexibility index (Phi) is 4.86. The normalized spacial score (nSPS) is 17.4. The number of nitrogens with one attached hydrogen (secondary N) is 2. The molecule has 1 heterocycles. The molecular weight excluding hydrogens is 328 g/mol. The van der Waals surface area contributed by atoms with Gasteiger partial charge in [0, 0.05) is 10.2 Å². The third kappa shape index (κ3) is 4.78. The van der Waals surface area contributed by atoms with E-state index in [4.69, 9.17) is 0 Å². The Morgan fingerprint density at radius 1 is 1.32 bits per heavy atom. The predicted molar refractivity (Wildman–Crippen MR) is 81.9 cm³/mol. The van der Waals surface area contributed by atoms with Crippen molar-refractivity contribution < 1.29 is 8.42 Å². The zero-order valence-corrected chi connectivity index (χ0v) is 13.4. The van der Waals surface area contributed by atoms with Crippen LogP contribution in [0.3, 0.4) is 0 Å². The average Bonchev–Trinajstić information content (AvgIpc) is 2.27. The van der Waals surface area contributed by atoms with Gasteiger partial charge in [-0.15, -0.1) is 0 Å². The van der Waals surface area contributed by atoms with Gasteiger partial charge < -0.3 is 5.32 Å². The van der Waals surface area contributed by atoms with Crippen LogP contribution < -0.4 is 10.0 Å². The van der Waals surface area contributed by atoms with E-state index in [1.807, 2.05) is 19.1 Å². The van der Waals surface area contributed by atoms with Crippen molar-refractivity contribution >= 4 is 31.6 Å². The molecule has 1 saturated heterocycles. The van der Waals surface area contributed by atoms with Crippen LogP contribution in [0.4, 0.5) is 5.69 Å². The first-order valence-electron chi connectivity index (χ1n) is 6.43. The van der Waals surface area contributed by atoms with Crippen LogP contribution in [0.1, 0.15) is 18.4 Å². The van der Waals surface area contributed by atoms with Gasteiger partial charge in [-0.25, -0.2) is 8.42 Å². The molecular formula is C13H19BrN2O2S. The van der Waals surface area contributed by atoms with Gasteiger partial charge in [0.05, 0.1) is 5.75 Å². The number of halogens is 1. The van der Waals surface area contributed by atoms with Gasteiger partial charge in [-0.3, -0.25) is 4.72 Å². The van der Waals surface area contributed by atoms with Gasteiger partial charge in [-0.2, -0.15) is 0 Å². The van der Waals surface area contributed by atoms with Crippen LogP contribution in [0, 0.1) is 12.8 Å². The fourth-order valence-electron chi connectivity index (χ4n) is 2.38. The van der Waals surface area contributed by atoms with Crippen LogP contribution in [-0.4, -0.2) is 27.3 Å². The Labute approximate surface area is 123 Å². The topological polar surface area (TPSA) is 58.2 Å². The first-order chi connectivity index (χ1) is 8.94. The van der Waals surface area contributed by atoms with Gasteiger partial charge in [0.15, 0.2) is 0 Å². The average molecular weight is 347 g/mol. The van der Waals surface area contributed by atoms with Gasteiger partial charge >= 0.3 is 0 Å². The summed E-state index contributed by atoms with van der Waals surface area (Å²) in [6.45, 7) is 3.77. The van der Waals surface area contributed by atoms with Crippen molar-refractivity contribution in [2.45, 2.75) is 19.8 Å². The largest absolute Gasteiger partial charge is 0.317 e. The lowest BCUT2D eigenvalue weighted by Crippen LogP contribution is -2.33. The van der Waals surface area contributed by atoms with E-state index in [2.05, 4.69) is 26.0 Å². The molecule has 0 unspecified atom stereocenters. The summed E-state index contributed by atoms with van der Waals surface area (Å²) in [5, 5.41) is 3.24. The molecule has 1 fully saturated rings. The summed E-state index contributed by atoms with van der Waals surface area (Å²) < 4.78 is 27.8. The Bertz CT molecular complexity index is 519. The van der Waals surface area contributed by atoms with Crippen molar-refractivity contribution in [3.8, 4) is 0 Å². The highest BCUT2D eigenvalue weighted by Crippen LogP contribution is 2.21. The van der Waals surface area contributed by atoms with Crippen LogP contribution in [0.25, 0.3) is 0 Å². The summed E-state index contributed by atoms with van der Waals surface area (Å²) in [7, 11) is -3.27. The van der Waals surface area contributed by atoms with E-state index < -0.39 is 10.0 Å². The standard InChI is InChI=1S/C13H19BrN2O2S/c1-10-6-12(14)8-13(7-10)16-19(17,18)9-11-2-4-15-5-3-11/h6-8,11,15-16H,2-5,9H2,1H3. The summed E-state index contributed by atoms with van der Waals surface area (Å²) in [6, 6.07) is 5.57. The summed E-state index contributed by atoms with van der Waals surface area (Å²) in [6.07, 6.45) is 1.86. The number of hydrogen-bond donors (Lipinski definition) is 2. The van der Waals surface area contributed by atoms with Crippen molar-refractivity contribution in [3.05, 3.63) is 28.2 Å². The van der Waals surface area contributed by atoms with Crippen molar-refractivity contribution in [1.29, 1.82) is 0 Å². The molecule has 1 aliphatic heterocycles. The molecule has 0 spiro atoms. The van der Waals surface area contributed by atoms with Crippen molar-refractivity contribution in [1.82, 2.24) is 5.32 Å². The first-order valence-corrected chi connectivity index (χ1v) is 8.87. The molecule has 1 aromatic carbocycles. The molecule has 4 nitrogen and oxygen atoms in total. The Morgan fingerprint density at radius 3 is 2.63 bits per heavy atom. The zero-order chi connectivity index (χ0) is 13.9. The third-order valence-electron chi connectivity index (χ3n) is 3.23. The fraction of sp³-hybridized carbons (Fsp3) is 0.538. The Morgan fingerprint density at radius 2 is 2.00 bits per heavy atom. The molecule has 0 aromatic heterocycles. The number of benzene rings is 1. The second-order valence-corrected chi connectivity index (χ2v) is 7.78. The third-order valence-corrected chi connectivity index (χ3v) is 5.14. The SMILES string of the molecule is Cc1cc(Br)cc(NS(=O)(=O)CC2CCNCC2)c1.